The van der Waals surface area contributed by atoms with Gasteiger partial charge in [0, 0.05) is 0 Å². The van der Waals surface area contributed by atoms with Gasteiger partial charge < -0.3 is 5.73 Å². The van der Waals surface area contributed by atoms with E-state index in [4.69, 9.17) is 5.73 Å². The van der Waals surface area contributed by atoms with Crippen molar-refractivity contribution in [2.75, 3.05) is 5.73 Å². The lowest BCUT2D eigenvalue weighted by Crippen LogP contribution is -2.12. The van der Waals surface area contributed by atoms with E-state index in [9.17, 15) is 0 Å². The third kappa shape index (κ3) is 2.46. The number of rotatable bonds is 1. The second kappa shape index (κ2) is 4.72. The second-order valence-corrected chi connectivity index (χ2v) is 5.75. The molecule has 1 heterocycles. The predicted molar refractivity (Wildman–Crippen MR) is 70.6 cm³/mol. The van der Waals surface area contributed by atoms with Crippen LogP contribution in [0, 0.1) is 9.49 Å². The number of halogens is 1. The number of nitrogens with zero attached hydrogens (tertiary/aromatic N) is 2. The predicted octanol–water partition coefficient (Wildman–Crippen LogP) is 3.21. The molecule has 0 spiro atoms. The summed E-state index contributed by atoms with van der Waals surface area (Å²) in [5.74, 6) is 1.71. The first kappa shape index (κ1) is 11.2. The van der Waals surface area contributed by atoms with Crippen LogP contribution in [0.1, 0.15) is 45.1 Å². The minimum atomic E-state index is 0.526. The van der Waals surface area contributed by atoms with E-state index in [-0.39, 0.29) is 0 Å². The van der Waals surface area contributed by atoms with Crippen LogP contribution in [0.25, 0.3) is 0 Å². The van der Waals surface area contributed by atoms with Crippen molar-refractivity contribution in [2.24, 2.45) is 5.92 Å². The van der Waals surface area contributed by atoms with Crippen LogP contribution in [-0.2, 0) is 0 Å². The molecule has 3 nitrogen and oxygen atoms in total. The Labute approximate surface area is 105 Å². The van der Waals surface area contributed by atoms with Crippen LogP contribution in [0.5, 0.6) is 0 Å². The van der Waals surface area contributed by atoms with Crippen molar-refractivity contribution in [1.82, 2.24) is 9.78 Å². The van der Waals surface area contributed by atoms with Crippen LogP contribution in [0.2, 0.25) is 0 Å². The molecule has 1 aliphatic rings. The fourth-order valence-corrected chi connectivity index (χ4v) is 2.73. The Bertz CT molecular complexity index is 335. The van der Waals surface area contributed by atoms with E-state index in [2.05, 4.69) is 34.6 Å². The minimum absolute atomic E-state index is 0.526. The van der Waals surface area contributed by atoms with Gasteiger partial charge in [-0.05, 0) is 47.8 Å². The lowest BCUT2D eigenvalue weighted by Gasteiger charge is -2.16. The van der Waals surface area contributed by atoms with Crippen LogP contribution in [0.4, 0.5) is 5.82 Å². The molecule has 2 rings (SSSR count). The summed E-state index contributed by atoms with van der Waals surface area (Å²) in [6.07, 6.45) is 8.29. The standard InChI is InChI=1S/C11H18IN3/c1-8-3-2-4-9(6-5-8)15-11(13)10(12)7-14-15/h7-9H,2-6,13H2,1H3. The van der Waals surface area contributed by atoms with Gasteiger partial charge in [0.15, 0.2) is 0 Å². The number of nitrogen functional groups attached to an aromatic ring is 1. The van der Waals surface area contributed by atoms with Crippen molar-refractivity contribution in [3.05, 3.63) is 9.77 Å². The summed E-state index contributed by atoms with van der Waals surface area (Å²) in [5, 5.41) is 4.39. The zero-order valence-corrected chi connectivity index (χ0v) is 11.3. The van der Waals surface area contributed by atoms with E-state index >= 15 is 0 Å². The van der Waals surface area contributed by atoms with Gasteiger partial charge in [0.2, 0.25) is 0 Å². The topological polar surface area (TPSA) is 43.8 Å². The van der Waals surface area contributed by atoms with Gasteiger partial charge in [-0.3, -0.25) is 0 Å². The first-order valence-electron chi connectivity index (χ1n) is 5.67. The largest absolute Gasteiger partial charge is 0.383 e. The van der Waals surface area contributed by atoms with E-state index in [0.29, 0.717) is 6.04 Å². The third-order valence-corrected chi connectivity index (χ3v) is 4.19. The fourth-order valence-electron chi connectivity index (χ4n) is 2.35. The Morgan fingerprint density at radius 1 is 1.40 bits per heavy atom. The molecule has 1 fully saturated rings. The zero-order valence-electron chi connectivity index (χ0n) is 9.12. The molecule has 0 aliphatic heterocycles. The van der Waals surface area contributed by atoms with Gasteiger partial charge in [-0.1, -0.05) is 19.8 Å². The van der Waals surface area contributed by atoms with Crippen LogP contribution in [0.15, 0.2) is 6.20 Å². The lowest BCUT2D eigenvalue weighted by molar-refractivity contribution is 0.403. The maximum absolute atomic E-state index is 6.01. The summed E-state index contributed by atoms with van der Waals surface area (Å²) >= 11 is 2.25. The number of anilines is 1. The lowest BCUT2D eigenvalue weighted by atomic mass is 10.0. The van der Waals surface area contributed by atoms with Gasteiger partial charge in [-0.15, -0.1) is 0 Å². The Hall–Kier alpha value is -0.260. The van der Waals surface area contributed by atoms with E-state index in [1.807, 2.05) is 10.9 Å². The molecular formula is C11H18IN3. The number of nitrogens with two attached hydrogens (primary N) is 1. The minimum Gasteiger partial charge on any atom is -0.383 e. The fraction of sp³-hybridized carbons (Fsp3) is 0.727. The van der Waals surface area contributed by atoms with Gasteiger partial charge in [-0.2, -0.15) is 5.10 Å². The Balaban J connectivity index is 2.13. The van der Waals surface area contributed by atoms with E-state index < -0.39 is 0 Å². The molecule has 0 saturated heterocycles. The van der Waals surface area contributed by atoms with Crippen molar-refractivity contribution in [2.45, 2.75) is 45.1 Å². The van der Waals surface area contributed by atoms with Gasteiger partial charge in [0.05, 0.1) is 15.8 Å². The summed E-state index contributed by atoms with van der Waals surface area (Å²) in [4.78, 5) is 0. The molecule has 0 bridgehead atoms. The molecule has 2 N–H and O–H groups in total. The molecule has 1 aromatic rings. The first-order chi connectivity index (χ1) is 7.18. The maximum atomic E-state index is 6.01. The van der Waals surface area contributed by atoms with E-state index in [1.54, 1.807) is 0 Å². The average Bonchev–Trinajstić information content (AvgIpc) is 2.43. The monoisotopic (exact) mass is 319 g/mol. The molecule has 1 aromatic heterocycles. The molecule has 4 heteroatoms. The van der Waals surface area contributed by atoms with Gasteiger partial charge >= 0.3 is 0 Å². The van der Waals surface area contributed by atoms with Gasteiger partial charge in [0.1, 0.15) is 5.82 Å². The maximum Gasteiger partial charge on any atom is 0.135 e. The smallest absolute Gasteiger partial charge is 0.135 e. The number of aromatic nitrogens is 2. The molecule has 1 saturated carbocycles. The summed E-state index contributed by atoms with van der Waals surface area (Å²) in [5.41, 5.74) is 6.01. The molecular weight excluding hydrogens is 301 g/mol. The molecule has 84 valence electrons. The SMILES string of the molecule is CC1CCCC(n2ncc(I)c2N)CC1. The summed E-state index contributed by atoms with van der Waals surface area (Å²) < 4.78 is 3.10. The van der Waals surface area contributed by atoms with E-state index in [0.717, 1.165) is 15.3 Å². The van der Waals surface area contributed by atoms with Crippen molar-refractivity contribution in [3.8, 4) is 0 Å². The zero-order chi connectivity index (χ0) is 10.8. The van der Waals surface area contributed by atoms with E-state index in [1.165, 1.54) is 32.1 Å². The summed E-state index contributed by atoms with van der Waals surface area (Å²) in [6, 6.07) is 0.526. The third-order valence-electron chi connectivity index (χ3n) is 3.36. The van der Waals surface area contributed by atoms with Crippen molar-refractivity contribution in [1.29, 1.82) is 0 Å². The second-order valence-electron chi connectivity index (χ2n) is 4.59. The average molecular weight is 319 g/mol. The highest BCUT2D eigenvalue weighted by Crippen LogP contribution is 2.32. The number of hydrogen-bond donors (Lipinski definition) is 1. The van der Waals surface area contributed by atoms with Crippen molar-refractivity contribution in [3.63, 3.8) is 0 Å². The Kier molecular flexibility index (Phi) is 3.53. The highest BCUT2D eigenvalue weighted by molar-refractivity contribution is 14.1. The van der Waals surface area contributed by atoms with Crippen LogP contribution >= 0.6 is 22.6 Å². The summed E-state index contributed by atoms with van der Waals surface area (Å²) in [6.45, 7) is 2.35. The highest BCUT2D eigenvalue weighted by atomic mass is 127. The van der Waals surface area contributed by atoms with Crippen molar-refractivity contribution >= 4 is 28.4 Å². The van der Waals surface area contributed by atoms with Gasteiger partial charge in [-0.25, -0.2) is 4.68 Å². The molecule has 2 atom stereocenters. The highest BCUT2D eigenvalue weighted by Gasteiger charge is 2.20. The van der Waals surface area contributed by atoms with Crippen LogP contribution in [0.3, 0.4) is 0 Å². The van der Waals surface area contributed by atoms with Gasteiger partial charge in [0.25, 0.3) is 0 Å². The Morgan fingerprint density at radius 3 is 2.87 bits per heavy atom. The first-order valence-corrected chi connectivity index (χ1v) is 6.75. The quantitative estimate of drug-likeness (QED) is 0.638. The van der Waals surface area contributed by atoms with Crippen LogP contribution in [-0.4, -0.2) is 9.78 Å². The normalized spacial score (nSPS) is 27.6. The molecule has 0 aromatic carbocycles. The summed E-state index contributed by atoms with van der Waals surface area (Å²) in [7, 11) is 0. The Morgan fingerprint density at radius 2 is 2.20 bits per heavy atom. The van der Waals surface area contributed by atoms with Crippen molar-refractivity contribution < 1.29 is 0 Å². The number of hydrogen-bond acceptors (Lipinski definition) is 2. The molecule has 0 amide bonds. The van der Waals surface area contributed by atoms with Crippen LogP contribution < -0.4 is 5.73 Å². The molecule has 0 radical (unpaired) electrons. The molecule has 1 aliphatic carbocycles. The molecule has 15 heavy (non-hydrogen) atoms. The molecule has 2 unspecified atom stereocenters.